The molecule has 0 spiro atoms. The molecule has 1 aliphatic rings. The molecule has 0 heterocycles. The molecule has 2 rings (SSSR count). The van der Waals surface area contributed by atoms with Gasteiger partial charge >= 0.3 is 0 Å². The van der Waals surface area contributed by atoms with Gasteiger partial charge in [-0.2, -0.15) is 0 Å². The number of aliphatic hydroxyl groups excluding tert-OH is 1. The third kappa shape index (κ3) is 4.05. The smallest absolute Gasteiger partial charge is 0.0720 e. The van der Waals surface area contributed by atoms with E-state index in [2.05, 4.69) is 43.1 Å². The standard InChI is InChI=1S/C17H27NO/c1-14(17(19)16-11-7-4-8-12-16)18(2)13-15-9-5-3-6-10-15/h3,5-6,9-10,14,16-17,19H,4,7-8,11-13H2,1-2H3/t14-,17+/m0/s1. The summed E-state index contributed by atoms with van der Waals surface area (Å²) in [7, 11) is 2.11. The molecule has 2 heteroatoms. The summed E-state index contributed by atoms with van der Waals surface area (Å²) in [5.74, 6) is 0.502. The van der Waals surface area contributed by atoms with Crippen molar-refractivity contribution in [3.05, 3.63) is 35.9 Å². The summed E-state index contributed by atoms with van der Waals surface area (Å²) in [5.41, 5.74) is 1.31. The molecule has 1 aromatic carbocycles. The van der Waals surface area contributed by atoms with Crippen LogP contribution in [-0.4, -0.2) is 29.2 Å². The minimum atomic E-state index is -0.186. The topological polar surface area (TPSA) is 23.5 Å². The molecule has 1 N–H and O–H groups in total. The number of hydrogen-bond acceptors (Lipinski definition) is 2. The van der Waals surface area contributed by atoms with E-state index in [1.165, 1.54) is 37.7 Å². The Hall–Kier alpha value is -0.860. The lowest BCUT2D eigenvalue weighted by Gasteiger charge is -2.35. The lowest BCUT2D eigenvalue weighted by molar-refractivity contribution is 0.0121. The first kappa shape index (κ1) is 14.5. The van der Waals surface area contributed by atoms with Crippen molar-refractivity contribution >= 4 is 0 Å². The first-order chi connectivity index (χ1) is 9.18. The molecular formula is C17H27NO. The van der Waals surface area contributed by atoms with Gasteiger partial charge in [-0.05, 0) is 38.3 Å². The van der Waals surface area contributed by atoms with E-state index in [1.807, 2.05) is 6.07 Å². The highest BCUT2D eigenvalue weighted by molar-refractivity contribution is 5.14. The van der Waals surface area contributed by atoms with E-state index in [9.17, 15) is 5.11 Å². The van der Waals surface area contributed by atoms with E-state index >= 15 is 0 Å². The summed E-state index contributed by atoms with van der Waals surface area (Å²) in [4.78, 5) is 2.27. The summed E-state index contributed by atoms with van der Waals surface area (Å²) in [6, 6.07) is 10.7. The van der Waals surface area contributed by atoms with Crippen LogP contribution in [0.25, 0.3) is 0 Å². The molecule has 0 amide bonds. The first-order valence-electron chi connectivity index (χ1n) is 7.60. The molecule has 0 aromatic heterocycles. The fourth-order valence-electron chi connectivity index (χ4n) is 3.15. The van der Waals surface area contributed by atoms with Gasteiger partial charge in [0.05, 0.1) is 6.10 Å². The highest BCUT2D eigenvalue weighted by Crippen LogP contribution is 2.29. The zero-order chi connectivity index (χ0) is 13.7. The van der Waals surface area contributed by atoms with Crippen molar-refractivity contribution in [2.75, 3.05) is 7.05 Å². The van der Waals surface area contributed by atoms with E-state index in [-0.39, 0.29) is 12.1 Å². The van der Waals surface area contributed by atoms with E-state index in [1.54, 1.807) is 0 Å². The van der Waals surface area contributed by atoms with Crippen LogP contribution in [0.1, 0.15) is 44.6 Å². The number of rotatable bonds is 5. The fourth-order valence-corrected chi connectivity index (χ4v) is 3.15. The van der Waals surface area contributed by atoms with Crippen LogP contribution < -0.4 is 0 Å². The van der Waals surface area contributed by atoms with Crippen LogP contribution in [0.15, 0.2) is 30.3 Å². The van der Waals surface area contributed by atoms with Crippen molar-refractivity contribution in [1.82, 2.24) is 4.90 Å². The minimum Gasteiger partial charge on any atom is -0.391 e. The van der Waals surface area contributed by atoms with Crippen molar-refractivity contribution in [3.63, 3.8) is 0 Å². The van der Waals surface area contributed by atoms with Gasteiger partial charge in [-0.1, -0.05) is 49.6 Å². The van der Waals surface area contributed by atoms with Crippen LogP contribution in [0, 0.1) is 5.92 Å². The van der Waals surface area contributed by atoms with Crippen LogP contribution in [0.3, 0.4) is 0 Å². The Kier molecular flexibility index (Phi) is 5.41. The van der Waals surface area contributed by atoms with Crippen LogP contribution in [-0.2, 0) is 6.54 Å². The van der Waals surface area contributed by atoms with Crippen molar-refractivity contribution in [2.45, 2.75) is 57.7 Å². The van der Waals surface area contributed by atoms with Crippen LogP contribution >= 0.6 is 0 Å². The molecule has 0 saturated heterocycles. The average molecular weight is 261 g/mol. The Morgan fingerprint density at radius 1 is 1.16 bits per heavy atom. The Balaban J connectivity index is 1.88. The van der Waals surface area contributed by atoms with E-state index in [4.69, 9.17) is 0 Å². The summed E-state index contributed by atoms with van der Waals surface area (Å²) in [6.07, 6.45) is 6.13. The van der Waals surface area contributed by atoms with E-state index < -0.39 is 0 Å². The Morgan fingerprint density at radius 3 is 2.42 bits per heavy atom. The van der Waals surface area contributed by atoms with Crippen LogP contribution in [0.2, 0.25) is 0 Å². The van der Waals surface area contributed by atoms with Gasteiger partial charge in [0, 0.05) is 12.6 Å². The maximum atomic E-state index is 10.5. The second kappa shape index (κ2) is 7.06. The van der Waals surface area contributed by atoms with Gasteiger partial charge in [-0.25, -0.2) is 0 Å². The molecule has 2 nitrogen and oxygen atoms in total. The molecule has 2 atom stereocenters. The zero-order valence-corrected chi connectivity index (χ0v) is 12.3. The molecule has 1 saturated carbocycles. The summed E-state index contributed by atoms with van der Waals surface area (Å²) in [5, 5.41) is 10.5. The van der Waals surface area contributed by atoms with Crippen LogP contribution in [0.5, 0.6) is 0 Å². The lowest BCUT2D eigenvalue weighted by Crippen LogP contribution is -2.43. The summed E-state index contributed by atoms with van der Waals surface area (Å²) < 4.78 is 0. The second-order valence-electron chi connectivity index (χ2n) is 6.03. The number of aliphatic hydroxyl groups is 1. The Bertz CT molecular complexity index is 359. The summed E-state index contributed by atoms with van der Waals surface area (Å²) in [6.45, 7) is 3.06. The molecule has 19 heavy (non-hydrogen) atoms. The number of hydrogen-bond donors (Lipinski definition) is 1. The van der Waals surface area contributed by atoms with Crippen molar-refractivity contribution in [1.29, 1.82) is 0 Å². The predicted octanol–water partition coefficient (Wildman–Crippen LogP) is 3.45. The Labute approximate surface area is 117 Å². The van der Waals surface area contributed by atoms with Crippen molar-refractivity contribution in [2.24, 2.45) is 5.92 Å². The van der Waals surface area contributed by atoms with Crippen molar-refractivity contribution < 1.29 is 5.11 Å². The van der Waals surface area contributed by atoms with Gasteiger partial charge in [-0.15, -0.1) is 0 Å². The predicted molar refractivity (Wildman–Crippen MR) is 80.0 cm³/mol. The molecule has 0 unspecified atom stereocenters. The highest BCUT2D eigenvalue weighted by atomic mass is 16.3. The molecule has 0 aliphatic heterocycles. The molecule has 1 aliphatic carbocycles. The monoisotopic (exact) mass is 261 g/mol. The highest BCUT2D eigenvalue weighted by Gasteiger charge is 2.28. The summed E-state index contributed by atoms with van der Waals surface area (Å²) >= 11 is 0. The van der Waals surface area contributed by atoms with Gasteiger partial charge in [0.1, 0.15) is 0 Å². The van der Waals surface area contributed by atoms with Crippen LogP contribution in [0.4, 0.5) is 0 Å². The second-order valence-corrected chi connectivity index (χ2v) is 6.03. The Morgan fingerprint density at radius 2 is 1.79 bits per heavy atom. The third-order valence-corrected chi connectivity index (χ3v) is 4.60. The molecule has 0 radical (unpaired) electrons. The molecule has 1 aromatic rings. The fraction of sp³-hybridized carbons (Fsp3) is 0.647. The molecule has 106 valence electrons. The largest absolute Gasteiger partial charge is 0.391 e. The number of nitrogens with zero attached hydrogens (tertiary/aromatic N) is 1. The normalized spacial score (nSPS) is 20.4. The lowest BCUT2D eigenvalue weighted by atomic mass is 9.82. The van der Waals surface area contributed by atoms with Crippen molar-refractivity contribution in [3.8, 4) is 0 Å². The van der Waals surface area contributed by atoms with Gasteiger partial charge in [0.15, 0.2) is 0 Å². The van der Waals surface area contributed by atoms with Gasteiger partial charge in [-0.3, -0.25) is 4.90 Å². The van der Waals surface area contributed by atoms with E-state index in [0.717, 1.165) is 6.54 Å². The van der Waals surface area contributed by atoms with Gasteiger partial charge < -0.3 is 5.11 Å². The number of benzene rings is 1. The minimum absolute atomic E-state index is 0.186. The number of likely N-dealkylation sites (N-methyl/N-ethyl adjacent to an activating group) is 1. The first-order valence-corrected chi connectivity index (χ1v) is 7.60. The van der Waals surface area contributed by atoms with Gasteiger partial charge in [0.2, 0.25) is 0 Å². The van der Waals surface area contributed by atoms with Gasteiger partial charge in [0.25, 0.3) is 0 Å². The SMILES string of the molecule is C[C@@H]([C@@H](O)C1CCCCC1)N(C)Cc1ccccc1. The maximum Gasteiger partial charge on any atom is 0.0720 e. The third-order valence-electron chi connectivity index (χ3n) is 4.60. The molecule has 1 fully saturated rings. The molecule has 0 bridgehead atoms. The zero-order valence-electron chi connectivity index (χ0n) is 12.3. The maximum absolute atomic E-state index is 10.5. The average Bonchev–Trinajstić information content (AvgIpc) is 2.47. The van der Waals surface area contributed by atoms with E-state index in [0.29, 0.717) is 5.92 Å². The molecular weight excluding hydrogens is 234 g/mol. The quantitative estimate of drug-likeness (QED) is 0.877.